The second kappa shape index (κ2) is 9.92. The number of hydrogen-bond acceptors (Lipinski definition) is 4. The van der Waals surface area contributed by atoms with E-state index < -0.39 is 62.8 Å². The van der Waals surface area contributed by atoms with Crippen LogP contribution < -0.4 is 0 Å². The number of benzene rings is 2. The first-order chi connectivity index (χ1) is 18.1. The van der Waals surface area contributed by atoms with E-state index in [2.05, 4.69) is 16.0 Å². The third-order valence-electron chi connectivity index (χ3n) is 6.48. The predicted octanol–water partition coefficient (Wildman–Crippen LogP) is 7.15. The van der Waals surface area contributed by atoms with Crippen molar-refractivity contribution in [3.63, 3.8) is 0 Å². The van der Waals surface area contributed by atoms with Gasteiger partial charge < -0.3 is 0 Å². The highest BCUT2D eigenvalue weighted by atomic mass is 32.2. The Morgan fingerprint density at radius 2 is 1.62 bits per heavy atom. The van der Waals surface area contributed by atoms with E-state index in [1.165, 1.54) is 24.3 Å². The summed E-state index contributed by atoms with van der Waals surface area (Å²) in [5.41, 5.74) is -0.290. The first-order valence-electron chi connectivity index (χ1n) is 11.3. The van der Waals surface area contributed by atoms with Crippen LogP contribution in [0, 0.1) is 5.92 Å². The molecule has 2 aliphatic carbocycles. The molecule has 2 aliphatic rings. The summed E-state index contributed by atoms with van der Waals surface area (Å²) >= 11 is 0. The van der Waals surface area contributed by atoms with Crippen LogP contribution in [0.2, 0.25) is 0 Å². The first kappa shape index (κ1) is 28.5. The fourth-order valence-electron chi connectivity index (χ4n) is 4.40. The Hall–Kier alpha value is -3.48. The molecular formula is C26H19F8NO3S. The Kier molecular flexibility index (Phi) is 7.26. The minimum absolute atomic E-state index is 0.274. The Morgan fingerprint density at radius 3 is 2.23 bits per heavy atom. The second-order valence-electron chi connectivity index (χ2n) is 8.89. The van der Waals surface area contributed by atoms with Crippen molar-refractivity contribution in [2.24, 2.45) is 11.1 Å². The van der Waals surface area contributed by atoms with Crippen molar-refractivity contribution < 1.29 is 47.8 Å². The van der Waals surface area contributed by atoms with Gasteiger partial charge in [-0.1, -0.05) is 66.4 Å². The highest BCUT2D eigenvalue weighted by molar-refractivity contribution is 7.86. The number of hydrogen-bond donors (Lipinski definition) is 0. The Bertz CT molecular complexity index is 1480. The van der Waals surface area contributed by atoms with Crippen LogP contribution in [0.15, 0.2) is 82.9 Å². The molecule has 0 amide bonds. The van der Waals surface area contributed by atoms with E-state index in [0.29, 0.717) is 11.1 Å². The van der Waals surface area contributed by atoms with Crippen molar-refractivity contribution in [3.8, 4) is 0 Å². The minimum atomic E-state index is -6.67. The molecule has 0 aliphatic heterocycles. The maximum Gasteiger partial charge on any atom is 0.383 e. The second-order valence-corrected chi connectivity index (χ2v) is 10.4. The molecule has 39 heavy (non-hydrogen) atoms. The maximum absolute atomic E-state index is 15.1. The zero-order chi connectivity index (χ0) is 28.8. The van der Waals surface area contributed by atoms with Crippen LogP contribution in [-0.2, 0) is 20.8 Å². The van der Waals surface area contributed by atoms with Crippen molar-refractivity contribution in [1.82, 2.24) is 0 Å². The van der Waals surface area contributed by atoms with E-state index in [-0.39, 0.29) is 6.42 Å². The number of halogens is 8. The van der Waals surface area contributed by atoms with Crippen LogP contribution in [0.25, 0.3) is 11.6 Å². The monoisotopic (exact) mass is 577 g/mol. The molecule has 13 heteroatoms. The molecule has 0 radical (unpaired) electrons. The SMILES string of the molecule is C=Cc1ccc(S(=O)(=O)O/N=C(/C2=CC=C3c4ccccc4CC3C2)C(F)(F)C(F)(F)C(F)(F)C(F)F)cc1. The summed E-state index contributed by atoms with van der Waals surface area (Å²) in [6.07, 6.45) is -1.82. The predicted molar refractivity (Wildman–Crippen MR) is 127 cm³/mol. The van der Waals surface area contributed by atoms with Crippen molar-refractivity contribution in [2.45, 2.75) is 41.9 Å². The Balaban J connectivity index is 1.79. The van der Waals surface area contributed by atoms with Gasteiger partial charge in [0, 0.05) is 0 Å². The van der Waals surface area contributed by atoms with Crippen LogP contribution in [0.1, 0.15) is 23.1 Å². The van der Waals surface area contributed by atoms with E-state index in [1.54, 1.807) is 24.3 Å². The van der Waals surface area contributed by atoms with Crippen LogP contribution in [-0.4, -0.2) is 38.3 Å². The zero-order valence-electron chi connectivity index (χ0n) is 19.7. The van der Waals surface area contributed by atoms with Gasteiger partial charge in [0.05, 0.1) is 0 Å². The molecule has 2 aromatic carbocycles. The molecule has 1 unspecified atom stereocenters. The lowest BCUT2D eigenvalue weighted by molar-refractivity contribution is -0.319. The number of fused-ring (bicyclic) bond motifs is 3. The van der Waals surface area contributed by atoms with E-state index in [1.807, 2.05) is 0 Å². The van der Waals surface area contributed by atoms with Gasteiger partial charge in [-0.15, -0.1) is 0 Å². The molecule has 0 spiro atoms. The van der Waals surface area contributed by atoms with Crippen LogP contribution in [0.3, 0.4) is 0 Å². The van der Waals surface area contributed by atoms with Gasteiger partial charge in [-0.05, 0) is 58.7 Å². The number of nitrogens with zero attached hydrogens (tertiary/aromatic N) is 1. The van der Waals surface area contributed by atoms with Crippen LogP contribution in [0.4, 0.5) is 35.1 Å². The normalized spacial score (nSPS) is 18.3. The largest absolute Gasteiger partial charge is 0.383 e. The average Bonchev–Trinajstić information content (AvgIpc) is 3.26. The van der Waals surface area contributed by atoms with E-state index in [0.717, 1.165) is 29.3 Å². The number of oxime groups is 1. The highest BCUT2D eigenvalue weighted by Crippen LogP contribution is 2.51. The van der Waals surface area contributed by atoms with Crippen molar-refractivity contribution in [1.29, 1.82) is 0 Å². The lowest BCUT2D eigenvalue weighted by Gasteiger charge is -2.34. The molecule has 0 N–H and O–H groups in total. The molecule has 2 aromatic rings. The third-order valence-corrected chi connectivity index (χ3v) is 7.60. The number of alkyl halides is 8. The molecule has 208 valence electrons. The summed E-state index contributed by atoms with van der Waals surface area (Å²) in [4.78, 5) is -0.629. The molecule has 4 nitrogen and oxygen atoms in total. The Labute approximate surface area is 218 Å². The fourth-order valence-corrected chi connectivity index (χ4v) is 5.12. The third kappa shape index (κ3) is 4.88. The molecule has 0 saturated carbocycles. The van der Waals surface area contributed by atoms with E-state index in [9.17, 15) is 34.8 Å². The fraction of sp³-hybridized carbons (Fsp3) is 0.269. The zero-order valence-corrected chi connectivity index (χ0v) is 20.5. The van der Waals surface area contributed by atoms with Gasteiger partial charge in [-0.3, -0.25) is 4.28 Å². The number of allylic oxidation sites excluding steroid dienone is 4. The summed E-state index contributed by atoms with van der Waals surface area (Å²) < 4.78 is 141. The quantitative estimate of drug-likeness (QED) is 0.181. The molecular weight excluding hydrogens is 558 g/mol. The average molecular weight is 577 g/mol. The standard InChI is InChI=1S/C26H19F8NO3S/c1-2-15-7-10-19(11-8-15)39(36,37)38-35-22(24(29,30)26(33,34)25(31,32)23(27)28)17-9-12-21-18(14-17)13-16-5-3-4-6-20(16)21/h2-12,18,23H,1,13-14H2/b35-22-. The molecule has 0 bridgehead atoms. The summed E-state index contributed by atoms with van der Waals surface area (Å²) in [6, 6.07) is 11.4. The molecule has 4 rings (SSSR count). The summed E-state index contributed by atoms with van der Waals surface area (Å²) in [5, 5.41) is 2.71. The molecule has 0 saturated heterocycles. The molecule has 1 atom stereocenters. The lowest BCUT2D eigenvalue weighted by Crippen LogP contribution is -2.61. The van der Waals surface area contributed by atoms with Gasteiger partial charge >= 0.3 is 34.3 Å². The molecule has 0 aromatic heterocycles. The summed E-state index contributed by atoms with van der Waals surface area (Å²) in [5.74, 6) is -19.8. The van der Waals surface area contributed by atoms with Gasteiger partial charge in [0.25, 0.3) is 0 Å². The maximum atomic E-state index is 15.1. The van der Waals surface area contributed by atoms with Gasteiger partial charge in [-0.2, -0.15) is 34.8 Å². The van der Waals surface area contributed by atoms with Crippen LogP contribution >= 0.6 is 0 Å². The van der Waals surface area contributed by atoms with E-state index >= 15 is 8.78 Å². The van der Waals surface area contributed by atoms with Gasteiger partial charge in [0.1, 0.15) is 4.90 Å². The number of rotatable bonds is 9. The smallest absolute Gasteiger partial charge is 0.264 e. The highest BCUT2D eigenvalue weighted by Gasteiger charge is 2.77. The first-order valence-corrected chi connectivity index (χ1v) is 12.7. The molecule has 0 fully saturated rings. The minimum Gasteiger partial charge on any atom is -0.264 e. The van der Waals surface area contributed by atoms with E-state index in [4.69, 9.17) is 0 Å². The lowest BCUT2D eigenvalue weighted by atomic mass is 9.83. The molecule has 0 heterocycles. The summed E-state index contributed by atoms with van der Waals surface area (Å²) in [7, 11) is -5.02. The van der Waals surface area contributed by atoms with Crippen molar-refractivity contribution in [2.75, 3.05) is 0 Å². The topological polar surface area (TPSA) is 55.7 Å². The van der Waals surface area contributed by atoms with Gasteiger partial charge in [0.2, 0.25) is 0 Å². The van der Waals surface area contributed by atoms with Crippen LogP contribution in [0.5, 0.6) is 0 Å². The van der Waals surface area contributed by atoms with Crippen molar-refractivity contribution >= 4 is 27.5 Å². The van der Waals surface area contributed by atoms with Gasteiger partial charge in [0.15, 0.2) is 5.71 Å². The Morgan fingerprint density at radius 1 is 0.974 bits per heavy atom. The summed E-state index contributed by atoms with van der Waals surface area (Å²) in [6.45, 7) is 3.47. The van der Waals surface area contributed by atoms with Gasteiger partial charge in [-0.25, -0.2) is 8.78 Å². The van der Waals surface area contributed by atoms with Crippen molar-refractivity contribution in [3.05, 3.63) is 89.5 Å².